The van der Waals surface area contributed by atoms with E-state index in [0.29, 0.717) is 19.7 Å². The van der Waals surface area contributed by atoms with Gasteiger partial charge in [0.05, 0.1) is 17.6 Å². The first-order valence-electron chi connectivity index (χ1n) is 5.70. The first kappa shape index (κ1) is 13.3. The fourth-order valence-electron chi connectivity index (χ4n) is 1.94. The van der Waals surface area contributed by atoms with Crippen LogP contribution >= 0.6 is 0 Å². The van der Waals surface area contributed by atoms with Crippen molar-refractivity contribution in [2.75, 3.05) is 31.1 Å². The van der Waals surface area contributed by atoms with Crippen LogP contribution in [0.4, 0.5) is 5.69 Å². The Hall–Kier alpha value is -1.15. The number of primary sulfonamides is 1. The molecule has 0 radical (unpaired) electrons. The topological polar surface area (TPSA) is 98.6 Å². The van der Waals surface area contributed by atoms with E-state index in [1.165, 1.54) is 12.1 Å². The number of benzene rings is 1. The van der Waals surface area contributed by atoms with Crippen LogP contribution in [0.25, 0.3) is 0 Å². The van der Waals surface area contributed by atoms with Gasteiger partial charge in [-0.3, -0.25) is 0 Å². The van der Waals surface area contributed by atoms with E-state index in [2.05, 4.69) is 4.90 Å². The van der Waals surface area contributed by atoms with E-state index in [-0.39, 0.29) is 11.0 Å². The molecule has 1 atom stereocenters. The molecule has 7 heteroatoms. The summed E-state index contributed by atoms with van der Waals surface area (Å²) in [4.78, 5) is 2.24. The Kier molecular flexibility index (Phi) is 3.86. The average molecular weight is 271 g/mol. The third-order valence-corrected chi connectivity index (χ3v) is 3.86. The number of sulfonamides is 1. The molecule has 1 heterocycles. The van der Waals surface area contributed by atoms with Crippen molar-refractivity contribution < 1.29 is 13.2 Å². The van der Waals surface area contributed by atoms with E-state index in [1.54, 1.807) is 12.1 Å². The Labute approximate surface area is 107 Å². The van der Waals surface area contributed by atoms with E-state index in [0.717, 1.165) is 12.2 Å². The molecule has 2 rings (SSSR count). The number of nitrogens with zero attached hydrogens (tertiary/aromatic N) is 1. The Bertz CT molecular complexity index is 501. The SMILES string of the molecule is NCC1CN(c2ccc(S(N)(=O)=O)cc2)CCO1. The lowest BCUT2D eigenvalue weighted by molar-refractivity contribution is 0.0466. The Morgan fingerprint density at radius 1 is 1.33 bits per heavy atom. The first-order valence-corrected chi connectivity index (χ1v) is 7.25. The zero-order valence-electron chi connectivity index (χ0n) is 9.95. The summed E-state index contributed by atoms with van der Waals surface area (Å²) < 4.78 is 27.8. The summed E-state index contributed by atoms with van der Waals surface area (Å²) in [5.74, 6) is 0. The van der Waals surface area contributed by atoms with Crippen molar-refractivity contribution in [3.05, 3.63) is 24.3 Å². The van der Waals surface area contributed by atoms with Crippen molar-refractivity contribution >= 4 is 15.7 Å². The van der Waals surface area contributed by atoms with Gasteiger partial charge in [0.2, 0.25) is 10.0 Å². The molecule has 100 valence electrons. The van der Waals surface area contributed by atoms with Gasteiger partial charge in [-0.05, 0) is 24.3 Å². The summed E-state index contributed by atoms with van der Waals surface area (Å²) in [6, 6.07) is 6.52. The maximum atomic E-state index is 11.1. The van der Waals surface area contributed by atoms with Crippen LogP contribution in [-0.2, 0) is 14.8 Å². The van der Waals surface area contributed by atoms with Crippen molar-refractivity contribution in [2.24, 2.45) is 10.9 Å². The molecule has 0 saturated carbocycles. The normalized spacial score (nSPS) is 21.0. The van der Waals surface area contributed by atoms with Crippen LogP contribution in [0.15, 0.2) is 29.2 Å². The molecule has 1 aliphatic heterocycles. The minimum Gasteiger partial charge on any atom is -0.373 e. The van der Waals surface area contributed by atoms with Gasteiger partial charge >= 0.3 is 0 Å². The van der Waals surface area contributed by atoms with Crippen LogP contribution in [0.2, 0.25) is 0 Å². The lowest BCUT2D eigenvalue weighted by Crippen LogP contribution is -2.45. The molecule has 0 amide bonds. The number of nitrogens with two attached hydrogens (primary N) is 2. The molecule has 1 fully saturated rings. The molecule has 18 heavy (non-hydrogen) atoms. The molecule has 1 aliphatic rings. The van der Waals surface area contributed by atoms with Gasteiger partial charge in [-0.25, -0.2) is 13.6 Å². The maximum absolute atomic E-state index is 11.1. The molecule has 1 aromatic carbocycles. The van der Waals surface area contributed by atoms with Gasteiger partial charge in [-0.15, -0.1) is 0 Å². The Morgan fingerprint density at radius 2 is 2.00 bits per heavy atom. The molecule has 1 aromatic rings. The predicted octanol–water partition coefficient (Wildman–Crippen LogP) is -0.502. The minimum absolute atomic E-state index is 0.0247. The van der Waals surface area contributed by atoms with Gasteiger partial charge in [0.25, 0.3) is 0 Å². The first-order chi connectivity index (χ1) is 8.50. The van der Waals surface area contributed by atoms with Gasteiger partial charge < -0.3 is 15.4 Å². The molecular formula is C11H17N3O3S. The molecule has 1 unspecified atom stereocenters. The highest BCUT2D eigenvalue weighted by Crippen LogP contribution is 2.19. The van der Waals surface area contributed by atoms with Crippen molar-refractivity contribution in [3.63, 3.8) is 0 Å². The molecule has 0 aliphatic carbocycles. The Balaban J connectivity index is 2.14. The standard InChI is InChI=1S/C11H17N3O3S/c12-7-10-8-14(5-6-17-10)9-1-3-11(4-2-9)18(13,15)16/h1-4,10H,5-8,12H2,(H2,13,15,16). The summed E-state index contributed by atoms with van der Waals surface area (Å²) >= 11 is 0. The second kappa shape index (κ2) is 5.23. The molecular weight excluding hydrogens is 254 g/mol. The van der Waals surface area contributed by atoms with E-state index >= 15 is 0 Å². The second-order valence-electron chi connectivity index (χ2n) is 4.21. The number of hydrogen-bond donors (Lipinski definition) is 2. The van der Waals surface area contributed by atoms with Gasteiger partial charge in [0, 0.05) is 25.3 Å². The van der Waals surface area contributed by atoms with Crippen LogP contribution in [0.5, 0.6) is 0 Å². The lowest BCUT2D eigenvalue weighted by atomic mass is 10.2. The number of hydrogen-bond acceptors (Lipinski definition) is 5. The summed E-state index contributed by atoms with van der Waals surface area (Å²) in [5.41, 5.74) is 6.53. The highest BCUT2D eigenvalue weighted by molar-refractivity contribution is 7.89. The lowest BCUT2D eigenvalue weighted by Gasteiger charge is -2.34. The summed E-state index contributed by atoms with van der Waals surface area (Å²) in [6.45, 7) is 2.58. The number of ether oxygens (including phenoxy) is 1. The number of rotatable bonds is 3. The summed E-state index contributed by atoms with van der Waals surface area (Å²) in [5, 5.41) is 5.05. The zero-order chi connectivity index (χ0) is 13.2. The largest absolute Gasteiger partial charge is 0.373 e. The van der Waals surface area contributed by atoms with Gasteiger partial charge in [0.1, 0.15) is 0 Å². The third kappa shape index (κ3) is 2.99. The second-order valence-corrected chi connectivity index (χ2v) is 5.77. The van der Waals surface area contributed by atoms with Crippen LogP contribution in [-0.4, -0.2) is 40.8 Å². The molecule has 0 bridgehead atoms. The minimum atomic E-state index is -3.63. The highest BCUT2D eigenvalue weighted by Gasteiger charge is 2.19. The third-order valence-electron chi connectivity index (χ3n) is 2.93. The van der Waals surface area contributed by atoms with Crippen molar-refractivity contribution in [1.29, 1.82) is 0 Å². The van der Waals surface area contributed by atoms with Gasteiger partial charge in [0.15, 0.2) is 0 Å². The number of morpholine rings is 1. The predicted molar refractivity (Wildman–Crippen MR) is 68.8 cm³/mol. The van der Waals surface area contributed by atoms with E-state index < -0.39 is 10.0 Å². The van der Waals surface area contributed by atoms with Gasteiger partial charge in [-0.2, -0.15) is 0 Å². The van der Waals surface area contributed by atoms with Crippen LogP contribution in [0, 0.1) is 0 Å². The van der Waals surface area contributed by atoms with Crippen molar-refractivity contribution in [1.82, 2.24) is 0 Å². The zero-order valence-corrected chi connectivity index (χ0v) is 10.8. The van der Waals surface area contributed by atoms with Crippen LogP contribution in [0.3, 0.4) is 0 Å². The van der Waals surface area contributed by atoms with E-state index in [1.807, 2.05) is 0 Å². The molecule has 0 spiro atoms. The van der Waals surface area contributed by atoms with Crippen molar-refractivity contribution in [3.8, 4) is 0 Å². The smallest absolute Gasteiger partial charge is 0.238 e. The molecule has 0 aromatic heterocycles. The fourth-order valence-corrected chi connectivity index (χ4v) is 2.46. The van der Waals surface area contributed by atoms with Gasteiger partial charge in [-0.1, -0.05) is 0 Å². The monoisotopic (exact) mass is 271 g/mol. The quantitative estimate of drug-likeness (QED) is 0.772. The number of anilines is 1. The maximum Gasteiger partial charge on any atom is 0.238 e. The highest BCUT2D eigenvalue weighted by atomic mass is 32.2. The molecule has 6 nitrogen and oxygen atoms in total. The summed E-state index contributed by atoms with van der Waals surface area (Å²) in [7, 11) is -3.63. The molecule has 1 saturated heterocycles. The molecule has 4 N–H and O–H groups in total. The van der Waals surface area contributed by atoms with Crippen LogP contribution in [0.1, 0.15) is 0 Å². The van der Waals surface area contributed by atoms with E-state index in [9.17, 15) is 8.42 Å². The summed E-state index contributed by atoms with van der Waals surface area (Å²) in [6.07, 6.45) is 0.0247. The van der Waals surface area contributed by atoms with Crippen molar-refractivity contribution in [2.45, 2.75) is 11.0 Å². The van der Waals surface area contributed by atoms with Crippen LogP contribution < -0.4 is 15.8 Å². The van der Waals surface area contributed by atoms with E-state index in [4.69, 9.17) is 15.6 Å². The average Bonchev–Trinajstić information content (AvgIpc) is 2.38. The fraction of sp³-hybridized carbons (Fsp3) is 0.455. The Morgan fingerprint density at radius 3 is 2.56 bits per heavy atom.